The highest BCUT2D eigenvalue weighted by atomic mass is 16.5. The molecular weight excluding hydrogens is 202 g/mol. The van der Waals surface area contributed by atoms with Gasteiger partial charge in [-0.25, -0.2) is 0 Å². The Labute approximate surface area is 97.6 Å². The van der Waals surface area contributed by atoms with Crippen molar-refractivity contribution >= 4 is 5.69 Å². The Hall–Kier alpha value is -1.38. The molecule has 0 aliphatic carbocycles. The Morgan fingerprint density at radius 2 is 1.94 bits per heavy atom. The standard InChI is InChI=1S/C13H21NO2/c1-5-8-15-12-9-10(6-7-11(12)14)16-13(2,3)4/h6-7,9H,5,8,14H2,1-4H3. The number of benzene rings is 1. The topological polar surface area (TPSA) is 44.5 Å². The second kappa shape index (κ2) is 5.10. The van der Waals surface area contributed by atoms with E-state index in [-0.39, 0.29) is 5.60 Å². The molecule has 0 unspecified atom stereocenters. The lowest BCUT2D eigenvalue weighted by atomic mass is 10.2. The van der Waals surface area contributed by atoms with Crippen molar-refractivity contribution in [3.05, 3.63) is 18.2 Å². The molecule has 16 heavy (non-hydrogen) atoms. The molecule has 0 aliphatic rings. The van der Waals surface area contributed by atoms with Crippen molar-refractivity contribution in [3.8, 4) is 11.5 Å². The smallest absolute Gasteiger partial charge is 0.145 e. The third kappa shape index (κ3) is 4.01. The summed E-state index contributed by atoms with van der Waals surface area (Å²) < 4.78 is 11.3. The molecule has 0 aromatic heterocycles. The Morgan fingerprint density at radius 3 is 2.50 bits per heavy atom. The van der Waals surface area contributed by atoms with Crippen LogP contribution < -0.4 is 15.2 Å². The van der Waals surface area contributed by atoms with Crippen LogP contribution in [-0.4, -0.2) is 12.2 Å². The van der Waals surface area contributed by atoms with Crippen molar-refractivity contribution in [3.63, 3.8) is 0 Å². The van der Waals surface area contributed by atoms with Crippen LogP contribution in [0.15, 0.2) is 18.2 Å². The van der Waals surface area contributed by atoms with E-state index in [0.29, 0.717) is 18.0 Å². The van der Waals surface area contributed by atoms with E-state index in [2.05, 4.69) is 6.92 Å². The zero-order valence-corrected chi connectivity index (χ0v) is 10.5. The van der Waals surface area contributed by atoms with Crippen molar-refractivity contribution in [1.82, 2.24) is 0 Å². The fraction of sp³-hybridized carbons (Fsp3) is 0.538. The molecule has 1 aromatic rings. The Bertz CT molecular complexity index is 342. The lowest BCUT2D eigenvalue weighted by molar-refractivity contribution is 0.130. The lowest BCUT2D eigenvalue weighted by Gasteiger charge is -2.22. The Morgan fingerprint density at radius 1 is 1.25 bits per heavy atom. The molecule has 3 nitrogen and oxygen atoms in total. The van der Waals surface area contributed by atoms with E-state index in [1.54, 1.807) is 0 Å². The summed E-state index contributed by atoms with van der Waals surface area (Å²) in [7, 11) is 0. The van der Waals surface area contributed by atoms with E-state index >= 15 is 0 Å². The normalized spacial score (nSPS) is 11.2. The molecule has 0 aliphatic heterocycles. The summed E-state index contributed by atoms with van der Waals surface area (Å²) in [6, 6.07) is 5.52. The van der Waals surface area contributed by atoms with Crippen LogP contribution in [0.3, 0.4) is 0 Å². The number of nitrogen functional groups attached to an aromatic ring is 1. The van der Waals surface area contributed by atoms with Gasteiger partial charge in [0.25, 0.3) is 0 Å². The van der Waals surface area contributed by atoms with Gasteiger partial charge in [0.05, 0.1) is 12.3 Å². The van der Waals surface area contributed by atoms with Gasteiger partial charge in [0.2, 0.25) is 0 Å². The van der Waals surface area contributed by atoms with Crippen LogP contribution in [0.25, 0.3) is 0 Å². The van der Waals surface area contributed by atoms with Crippen molar-refractivity contribution in [1.29, 1.82) is 0 Å². The molecule has 0 saturated heterocycles. The minimum Gasteiger partial charge on any atom is -0.491 e. The zero-order valence-electron chi connectivity index (χ0n) is 10.5. The summed E-state index contributed by atoms with van der Waals surface area (Å²) in [5.74, 6) is 1.48. The van der Waals surface area contributed by atoms with E-state index in [4.69, 9.17) is 15.2 Å². The van der Waals surface area contributed by atoms with E-state index < -0.39 is 0 Å². The van der Waals surface area contributed by atoms with E-state index in [9.17, 15) is 0 Å². The van der Waals surface area contributed by atoms with Crippen LogP contribution in [-0.2, 0) is 0 Å². The van der Waals surface area contributed by atoms with Crippen LogP contribution in [0.5, 0.6) is 11.5 Å². The number of hydrogen-bond donors (Lipinski definition) is 1. The number of hydrogen-bond acceptors (Lipinski definition) is 3. The second-order valence-electron chi connectivity index (χ2n) is 4.76. The van der Waals surface area contributed by atoms with Gasteiger partial charge < -0.3 is 15.2 Å². The van der Waals surface area contributed by atoms with Gasteiger partial charge >= 0.3 is 0 Å². The van der Waals surface area contributed by atoms with Crippen molar-refractivity contribution in [2.45, 2.75) is 39.7 Å². The molecule has 3 heteroatoms. The predicted octanol–water partition coefficient (Wildman–Crippen LogP) is 3.23. The van der Waals surface area contributed by atoms with Crippen LogP contribution in [0, 0.1) is 0 Å². The summed E-state index contributed by atoms with van der Waals surface area (Å²) >= 11 is 0. The molecule has 0 heterocycles. The molecule has 0 bridgehead atoms. The van der Waals surface area contributed by atoms with Crippen molar-refractivity contribution in [2.75, 3.05) is 12.3 Å². The minimum absolute atomic E-state index is 0.210. The van der Waals surface area contributed by atoms with Gasteiger partial charge in [-0.2, -0.15) is 0 Å². The van der Waals surface area contributed by atoms with Crippen LogP contribution in [0.2, 0.25) is 0 Å². The highest BCUT2D eigenvalue weighted by molar-refractivity contribution is 5.55. The Kier molecular flexibility index (Phi) is 4.05. The zero-order chi connectivity index (χ0) is 12.2. The molecule has 0 fully saturated rings. The van der Waals surface area contributed by atoms with Gasteiger partial charge in [-0.1, -0.05) is 6.92 Å². The first-order valence-corrected chi connectivity index (χ1v) is 5.63. The monoisotopic (exact) mass is 223 g/mol. The van der Waals surface area contributed by atoms with Crippen LogP contribution in [0.4, 0.5) is 5.69 Å². The van der Waals surface area contributed by atoms with Crippen LogP contribution >= 0.6 is 0 Å². The number of nitrogens with two attached hydrogens (primary N) is 1. The molecule has 0 amide bonds. The highest BCUT2D eigenvalue weighted by Crippen LogP contribution is 2.29. The first-order valence-electron chi connectivity index (χ1n) is 5.63. The van der Waals surface area contributed by atoms with E-state index in [0.717, 1.165) is 12.2 Å². The predicted molar refractivity (Wildman–Crippen MR) is 67.0 cm³/mol. The van der Waals surface area contributed by atoms with Gasteiger partial charge in [0, 0.05) is 6.07 Å². The minimum atomic E-state index is -0.210. The fourth-order valence-electron chi connectivity index (χ4n) is 1.27. The summed E-state index contributed by atoms with van der Waals surface area (Å²) in [5.41, 5.74) is 6.25. The fourth-order valence-corrected chi connectivity index (χ4v) is 1.27. The second-order valence-corrected chi connectivity index (χ2v) is 4.76. The molecule has 0 saturated carbocycles. The molecule has 1 rings (SSSR count). The van der Waals surface area contributed by atoms with Gasteiger partial charge in [-0.15, -0.1) is 0 Å². The third-order valence-electron chi connectivity index (χ3n) is 1.87. The lowest BCUT2D eigenvalue weighted by Crippen LogP contribution is -2.22. The molecule has 90 valence electrons. The quantitative estimate of drug-likeness (QED) is 0.797. The van der Waals surface area contributed by atoms with Gasteiger partial charge in [-0.3, -0.25) is 0 Å². The molecular formula is C13H21NO2. The first kappa shape index (κ1) is 12.7. The molecule has 1 aromatic carbocycles. The Balaban J connectivity index is 2.81. The summed E-state index contributed by atoms with van der Waals surface area (Å²) in [6.45, 7) is 8.76. The van der Waals surface area contributed by atoms with E-state index in [1.807, 2.05) is 39.0 Å². The number of anilines is 1. The SMILES string of the molecule is CCCOc1cc(OC(C)(C)C)ccc1N. The molecule has 2 N–H and O–H groups in total. The number of rotatable bonds is 4. The van der Waals surface area contributed by atoms with Gasteiger partial charge in [-0.05, 0) is 39.3 Å². The van der Waals surface area contributed by atoms with Gasteiger partial charge in [0.1, 0.15) is 17.1 Å². The number of ether oxygens (including phenoxy) is 2. The van der Waals surface area contributed by atoms with E-state index in [1.165, 1.54) is 0 Å². The average Bonchev–Trinajstić information content (AvgIpc) is 2.17. The summed E-state index contributed by atoms with van der Waals surface area (Å²) in [4.78, 5) is 0. The van der Waals surface area contributed by atoms with Gasteiger partial charge in [0.15, 0.2) is 0 Å². The van der Waals surface area contributed by atoms with Crippen LogP contribution in [0.1, 0.15) is 34.1 Å². The molecule has 0 radical (unpaired) electrons. The molecule has 0 spiro atoms. The maximum Gasteiger partial charge on any atom is 0.145 e. The average molecular weight is 223 g/mol. The third-order valence-corrected chi connectivity index (χ3v) is 1.87. The highest BCUT2D eigenvalue weighted by Gasteiger charge is 2.12. The van der Waals surface area contributed by atoms with Crippen molar-refractivity contribution < 1.29 is 9.47 Å². The summed E-state index contributed by atoms with van der Waals surface area (Å²) in [5, 5.41) is 0. The summed E-state index contributed by atoms with van der Waals surface area (Å²) in [6.07, 6.45) is 0.962. The van der Waals surface area contributed by atoms with Crippen molar-refractivity contribution in [2.24, 2.45) is 0 Å². The molecule has 0 atom stereocenters. The maximum atomic E-state index is 5.81. The maximum absolute atomic E-state index is 5.81. The first-order chi connectivity index (χ1) is 7.42. The largest absolute Gasteiger partial charge is 0.491 e.